The number of carboxylic acids is 1. The number of amides is 3. The van der Waals surface area contributed by atoms with Crippen molar-refractivity contribution in [2.75, 3.05) is 26.2 Å². The molecule has 2 heterocycles. The zero-order chi connectivity index (χ0) is 15.0. The number of piperazine rings is 1. The molecule has 0 bridgehead atoms. The van der Waals surface area contributed by atoms with E-state index in [0.29, 0.717) is 13.2 Å². The van der Waals surface area contributed by atoms with Gasteiger partial charge in [0, 0.05) is 13.1 Å². The Morgan fingerprint density at radius 3 is 2.86 bits per heavy atom. The third-order valence-electron chi connectivity index (χ3n) is 4.44. The molecule has 1 saturated carbocycles. The Hall–Kier alpha value is -1.83. The van der Waals surface area contributed by atoms with Crippen LogP contribution in [0.3, 0.4) is 0 Å². The Bertz CT molecular complexity index is 469. The molecular formula is C13H19N3O5. The number of aliphatic carboxylic acids is 1. The van der Waals surface area contributed by atoms with Crippen LogP contribution in [-0.4, -0.2) is 77.2 Å². The predicted octanol–water partition coefficient (Wildman–Crippen LogP) is -0.755. The van der Waals surface area contributed by atoms with Crippen LogP contribution in [0.5, 0.6) is 0 Å². The first-order valence-electron chi connectivity index (χ1n) is 7.26. The van der Waals surface area contributed by atoms with Crippen LogP contribution in [0, 0.1) is 0 Å². The molecule has 2 N–H and O–H groups in total. The van der Waals surface area contributed by atoms with Gasteiger partial charge in [0.2, 0.25) is 5.91 Å². The van der Waals surface area contributed by atoms with Gasteiger partial charge >= 0.3 is 12.0 Å². The predicted molar refractivity (Wildman–Crippen MR) is 70.6 cm³/mol. The largest absolute Gasteiger partial charge is 0.480 e. The van der Waals surface area contributed by atoms with Crippen LogP contribution in [0.15, 0.2) is 0 Å². The smallest absolute Gasteiger partial charge is 0.328 e. The van der Waals surface area contributed by atoms with Gasteiger partial charge in [0.25, 0.3) is 0 Å². The number of carbonyl (C=O) groups is 3. The molecule has 1 aliphatic carbocycles. The molecule has 116 valence electrons. The number of hydrogen-bond acceptors (Lipinski definition) is 4. The minimum atomic E-state index is -1.10. The normalized spacial score (nSPS) is 32.6. The zero-order valence-corrected chi connectivity index (χ0v) is 11.7. The molecular weight excluding hydrogens is 278 g/mol. The highest BCUT2D eigenvalue weighted by atomic mass is 16.5. The average molecular weight is 297 g/mol. The Morgan fingerprint density at radius 2 is 2.10 bits per heavy atom. The van der Waals surface area contributed by atoms with Crippen LogP contribution in [0.2, 0.25) is 0 Å². The minimum Gasteiger partial charge on any atom is -0.480 e. The lowest BCUT2D eigenvalue weighted by Crippen LogP contribution is -2.64. The minimum absolute atomic E-state index is 0.00526. The number of nitrogens with zero attached hydrogens (tertiary/aromatic N) is 2. The molecule has 2 aliphatic heterocycles. The highest BCUT2D eigenvalue weighted by Crippen LogP contribution is 2.30. The number of fused-ring (bicyclic) bond motifs is 1. The number of morpholine rings is 1. The van der Waals surface area contributed by atoms with E-state index in [4.69, 9.17) is 4.74 Å². The van der Waals surface area contributed by atoms with Crippen molar-refractivity contribution in [1.29, 1.82) is 0 Å². The molecule has 0 aromatic heterocycles. The first kappa shape index (κ1) is 14.1. The van der Waals surface area contributed by atoms with Crippen LogP contribution >= 0.6 is 0 Å². The third-order valence-corrected chi connectivity index (χ3v) is 4.44. The van der Waals surface area contributed by atoms with Crippen molar-refractivity contribution in [3.05, 3.63) is 0 Å². The van der Waals surface area contributed by atoms with E-state index >= 15 is 0 Å². The first-order valence-corrected chi connectivity index (χ1v) is 7.26. The lowest BCUT2D eigenvalue weighted by Gasteiger charge is -2.42. The lowest BCUT2D eigenvalue weighted by molar-refractivity contribution is -0.145. The second-order valence-corrected chi connectivity index (χ2v) is 5.67. The summed E-state index contributed by atoms with van der Waals surface area (Å²) < 4.78 is 5.66. The Kier molecular flexibility index (Phi) is 3.71. The summed E-state index contributed by atoms with van der Waals surface area (Å²) in [6.45, 7) is 0.665. The lowest BCUT2D eigenvalue weighted by atomic mass is 10.1. The number of carbonyl (C=O) groups excluding carboxylic acids is 2. The fourth-order valence-electron chi connectivity index (χ4n) is 3.39. The van der Waals surface area contributed by atoms with Gasteiger partial charge in [-0.3, -0.25) is 9.69 Å². The van der Waals surface area contributed by atoms with Crippen molar-refractivity contribution in [2.24, 2.45) is 0 Å². The molecule has 0 spiro atoms. The quantitative estimate of drug-likeness (QED) is 0.663. The summed E-state index contributed by atoms with van der Waals surface area (Å²) in [7, 11) is 0. The van der Waals surface area contributed by atoms with Crippen molar-refractivity contribution in [2.45, 2.75) is 37.5 Å². The molecule has 3 atom stereocenters. The van der Waals surface area contributed by atoms with Crippen LogP contribution in [0.4, 0.5) is 4.79 Å². The van der Waals surface area contributed by atoms with Crippen molar-refractivity contribution in [3.8, 4) is 0 Å². The number of ether oxygens (including phenoxy) is 1. The van der Waals surface area contributed by atoms with E-state index in [1.165, 1.54) is 4.90 Å². The maximum atomic E-state index is 12.7. The number of hydrogen-bond donors (Lipinski definition) is 2. The van der Waals surface area contributed by atoms with E-state index in [2.05, 4.69) is 5.32 Å². The fraction of sp³-hybridized carbons (Fsp3) is 0.769. The van der Waals surface area contributed by atoms with Gasteiger partial charge in [0.05, 0.1) is 18.8 Å². The second-order valence-electron chi connectivity index (χ2n) is 5.67. The topological polar surface area (TPSA) is 99.2 Å². The first-order chi connectivity index (χ1) is 10.1. The van der Waals surface area contributed by atoms with E-state index in [-0.39, 0.29) is 37.2 Å². The molecule has 3 unspecified atom stereocenters. The molecule has 2 saturated heterocycles. The van der Waals surface area contributed by atoms with Gasteiger partial charge in [0.1, 0.15) is 12.6 Å². The highest BCUT2D eigenvalue weighted by Gasteiger charge is 2.43. The summed E-state index contributed by atoms with van der Waals surface area (Å²) in [6, 6.07) is -1.36. The molecule has 0 aromatic rings. The summed E-state index contributed by atoms with van der Waals surface area (Å²) in [4.78, 5) is 38.4. The van der Waals surface area contributed by atoms with Crippen molar-refractivity contribution in [1.82, 2.24) is 15.1 Å². The molecule has 3 aliphatic rings. The van der Waals surface area contributed by atoms with Gasteiger partial charge in [-0.05, 0) is 19.3 Å². The van der Waals surface area contributed by atoms with E-state index in [0.717, 1.165) is 19.3 Å². The van der Waals surface area contributed by atoms with Crippen LogP contribution in [-0.2, 0) is 14.3 Å². The molecule has 0 radical (unpaired) electrons. The highest BCUT2D eigenvalue weighted by molar-refractivity contribution is 5.90. The van der Waals surface area contributed by atoms with Crippen LogP contribution in [0.1, 0.15) is 19.3 Å². The van der Waals surface area contributed by atoms with Crippen LogP contribution < -0.4 is 5.32 Å². The SMILES string of the molecule is O=C1CN(C(=O)N2CCOC3CCCC32)C(C(=O)O)CN1. The second kappa shape index (κ2) is 5.51. The van der Waals surface area contributed by atoms with E-state index in [9.17, 15) is 19.5 Å². The van der Waals surface area contributed by atoms with Gasteiger partial charge in [-0.25, -0.2) is 9.59 Å². The third kappa shape index (κ3) is 2.55. The van der Waals surface area contributed by atoms with Gasteiger partial charge in [-0.15, -0.1) is 0 Å². The molecule has 3 amide bonds. The van der Waals surface area contributed by atoms with Crippen molar-refractivity contribution in [3.63, 3.8) is 0 Å². The molecule has 3 fully saturated rings. The van der Waals surface area contributed by atoms with Gasteiger partial charge in [-0.2, -0.15) is 0 Å². The monoisotopic (exact) mass is 297 g/mol. The Balaban J connectivity index is 1.78. The Morgan fingerprint density at radius 1 is 1.29 bits per heavy atom. The number of rotatable bonds is 1. The maximum absolute atomic E-state index is 12.7. The molecule has 8 nitrogen and oxygen atoms in total. The standard InChI is InChI=1S/C13H19N3O5/c17-11-7-16(9(6-14-11)12(18)19)13(20)15-4-5-21-10-3-1-2-8(10)15/h8-10H,1-7H2,(H,14,17)(H,18,19). The average Bonchev–Trinajstić information content (AvgIpc) is 2.94. The summed E-state index contributed by atoms with van der Waals surface area (Å²) in [5, 5.41) is 11.7. The van der Waals surface area contributed by atoms with Crippen molar-refractivity contribution >= 4 is 17.9 Å². The number of carboxylic acid groups (broad SMARTS) is 1. The summed E-state index contributed by atoms with van der Waals surface area (Å²) in [5.74, 6) is -1.42. The number of urea groups is 1. The molecule has 0 aromatic carbocycles. The van der Waals surface area contributed by atoms with E-state index in [1.807, 2.05) is 0 Å². The molecule has 8 heteroatoms. The fourth-order valence-corrected chi connectivity index (χ4v) is 3.39. The molecule has 21 heavy (non-hydrogen) atoms. The molecule has 3 rings (SSSR count). The summed E-state index contributed by atoms with van der Waals surface area (Å²) in [5.41, 5.74) is 0. The van der Waals surface area contributed by atoms with Gasteiger partial charge < -0.3 is 20.1 Å². The van der Waals surface area contributed by atoms with Gasteiger partial charge in [0.15, 0.2) is 0 Å². The zero-order valence-electron chi connectivity index (χ0n) is 11.7. The van der Waals surface area contributed by atoms with Gasteiger partial charge in [-0.1, -0.05) is 0 Å². The van der Waals surface area contributed by atoms with E-state index < -0.39 is 12.0 Å². The van der Waals surface area contributed by atoms with Crippen LogP contribution in [0.25, 0.3) is 0 Å². The van der Waals surface area contributed by atoms with Crippen molar-refractivity contribution < 1.29 is 24.2 Å². The maximum Gasteiger partial charge on any atom is 0.328 e. The Labute approximate surface area is 122 Å². The summed E-state index contributed by atoms with van der Waals surface area (Å²) in [6.07, 6.45) is 2.84. The summed E-state index contributed by atoms with van der Waals surface area (Å²) >= 11 is 0. The van der Waals surface area contributed by atoms with E-state index in [1.54, 1.807) is 4.90 Å². The number of nitrogens with one attached hydrogen (secondary N) is 1.